The summed E-state index contributed by atoms with van der Waals surface area (Å²) in [6.45, 7) is 3.24. The summed E-state index contributed by atoms with van der Waals surface area (Å²) >= 11 is 15.6. The summed E-state index contributed by atoms with van der Waals surface area (Å²) < 4.78 is 1.59. The van der Waals surface area contributed by atoms with Gasteiger partial charge in [0.15, 0.2) is 0 Å². The van der Waals surface area contributed by atoms with Crippen molar-refractivity contribution in [3.8, 4) is 0 Å². The average molecular weight is 310 g/mol. The standard InChI is InChI=1S/C12H17Cl2NS2/c1-8(10-6-11(13)17-12(10)14)15-7-9-2-4-16-5-3-9/h6,8-9,15H,2-5,7H2,1H3. The Labute approximate surface area is 121 Å². The molecule has 0 aliphatic carbocycles. The molecule has 0 bridgehead atoms. The first-order valence-corrected chi connectivity index (χ1v) is 8.65. The predicted molar refractivity (Wildman–Crippen MR) is 80.8 cm³/mol. The van der Waals surface area contributed by atoms with Crippen LogP contribution in [0, 0.1) is 5.92 Å². The lowest BCUT2D eigenvalue weighted by Gasteiger charge is -2.23. The molecule has 1 aliphatic heterocycles. The molecule has 0 spiro atoms. The molecule has 17 heavy (non-hydrogen) atoms. The number of hydrogen-bond acceptors (Lipinski definition) is 3. The Morgan fingerprint density at radius 3 is 2.71 bits per heavy atom. The van der Waals surface area contributed by atoms with Gasteiger partial charge in [0.2, 0.25) is 0 Å². The molecule has 96 valence electrons. The molecule has 1 aromatic heterocycles. The van der Waals surface area contributed by atoms with E-state index in [1.54, 1.807) is 0 Å². The van der Waals surface area contributed by atoms with E-state index in [9.17, 15) is 0 Å². The molecular formula is C12H17Cl2NS2. The molecule has 2 rings (SSSR count). The summed E-state index contributed by atoms with van der Waals surface area (Å²) in [6, 6.07) is 2.27. The Morgan fingerprint density at radius 2 is 2.12 bits per heavy atom. The molecule has 0 aromatic carbocycles. The second kappa shape index (κ2) is 6.67. The number of rotatable bonds is 4. The first kappa shape index (κ1) is 14.0. The van der Waals surface area contributed by atoms with Crippen molar-refractivity contribution >= 4 is 46.3 Å². The van der Waals surface area contributed by atoms with E-state index in [0.717, 1.165) is 26.7 Å². The summed E-state index contributed by atoms with van der Waals surface area (Å²) in [5, 5.41) is 3.58. The molecule has 1 aromatic rings. The summed E-state index contributed by atoms with van der Waals surface area (Å²) in [6.07, 6.45) is 2.67. The third kappa shape index (κ3) is 4.03. The first-order valence-electron chi connectivity index (χ1n) is 5.92. The minimum absolute atomic E-state index is 0.292. The highest BCUT2D eigenvalue weighted by molar-refractivity contribution is 7.99. The SMILES string of the molecule is CC(NCC1CCSCC1)c1cc(Cl)sc1Cl. The van der Waals surface area contributed by atoms with Crippen LogP contribution < -0.4 is 5.32 Å². The minimum Gasteiger partial charge on any atom is -0.310 e. The summed E-state index contributed by atoms with van der Waals surface area (Å²) in [4.78, 5) is 0. The lowest BCUT2D eigenvalue weighted by atomic mass is 10.0. The fourth-order valence-corrected chi connectivity index (χ4v) is 4.90. The van der Waals surface area contributed by atoms with E-state index in [2.05, 4.69) is 24.0 Å². The molecule has 0 amide bonds. The summed E-state index contributed by atoms with van der Waals surface area (Å²) in [7, 11) is 0. The fraction of sp³-hybridized carbons (Fsp3) is 0.667. The fourth-order valence-electron chi connectivity index (χ4n) is 2.05. The van der Waals surface area contributed by atoms with Crippen LogP contribution in [0.2, 0.25) is 8.67 Å². The van der Waals surface area contributed by atoms with Gasteiger partial charge in [0.25, 0.3) is 0 Å². The van der Waals surface area contributed by atoms with Crippen LogP contribution in [0.5, 0.6) is 0 Å². The topological polar surface area (TPSA) is 12.0 Å². The Bertz CT molecular complexity index is 361. The van der Waals surface area contributed by atoms with Gasteiger partial charge in [-0.1, -0.05) is 23.2 Å². The van der Waals surface area contributed by atoms with Crippen molar-refractivity contribution in [3.05, 3.63) is 20.3 Å². The van der Waals surface area contributed by atoms with Gasteiger partial charge in [-0.25, -0.2) is 0 Å². The zero-order valence-corrected chi connectivity index (χ0v) is 13.0. The van der Waals surface area contributed by atoms with Crippen LogP contribution >= 0.6 is 46.3 Å². The molecule has 1 fully saturated rings. The van der Waals surface area contributed by atoms with Crippen molar-refractivity contribution in [2.45, 2.75) is 25.8 Å². The zero-order valence-electron chi connectivity index (χ0n) is 9.84. The Morgan fingerprint density at radius 1 is 1.41 bits per heavy atom. The predicted octanol–water partition coefficient (Wildman–Crippen LogP) is 4.85. The second-order valence-electron chi connectivity index (χ2n) is 4.47. The van der Waals surface area contributed by atoms with Crippen molar-refractivity contribution in [2.24, 2.45) is 5.92 Å². The van der Waals surface area contributed by atoms with E-state index in [-0.39, 0.29) is 0 Å². The maximum absolute atomic E-state index is 6.15. The molecule has 1 atom stereocenters. The van der Waals surface area contributed by atoms with Crippen molar-refractivity contribution in [3.63, 3.8) is 0 Å². The van der Waals surface area contributed by atoms with Crippen molar-refractivity contribution in [1.29, 1.82) is 0 Å². The van der Waals surface area contributed by atoms with Gasteiger partial charge in [0.05, 0.1) is 8.67 Å². The number of nitrogens with one attached hydrogen (secondary N) is 1. The third-order valence-electron chi connectivity index (χ3n) is 3.20. The van der Waals surface area contributed by atoms with E-state index in [0.29, 0.717) is 6.04 Å². The van der Waals surface area contributed by atoms with E-state index in [4.69, 9.17) is 23.2 Å². The van der Waals surface area contributed by atoms with Gasteiger partial charge in [-0.2, -0.15) is 11.8 Å². The Balaban J connectivity index is 1.84. The summed E-state index contributed by atoms with van der Waals surface area (Å²) in [5.41, 5.74) is 1.13. The lowest BCUT2D eigenvalue weighted by Crippen LogP contribution is -2.27. The molecule has 1 aliphatic rings. The monoisotopic (exact) mass is 309 g/mol. The van der Waals surface area contributed by atoms with Crippen molar-refractivity contribution in [1.82, 2.24) is 5.32 Å². The highest BCUT2D eigenvalue weighted by Gasteiger charge is 2.17. The molecule has 5 heteroatoms. The minimum atomic E-state index is 0.292. The van der Waals surface area contributed by atoms with Crippen LogP contribution in [-0.2, 0) is 0 Å². The maximum Gasteiger partial charge on any atom is 0.0991 e. The molecule has 1 N–H and O–H groups in total. The van der Waals surface area contributed by atoms with Gasteiger partial charge in [-0.15, -0.1) is 11.3 Å². The van der Waals surface area contributed by atoms with E-state index < -0.39 is 0 Å². The van der Waals surface area contributed by atoms with E-state index in [1.165, 1.54) is 35.7 Å². The van der Waals surface area contributed by atoms with Crippen molar-refractivity contribution < 1.29 is 0 Å². The second-order valence-corrected chi connectivity index (χ2v) is 7.98. The third-order valence-corrected chi connectivity index (χ3v) is 5.77. The Hall–Kier alpha value is 0.590. The lowest BCUT2D eigenvalue weighted by molar-refractivity contribution is 0.421. The highest BCUT2D eigenvalue weighted by Crippen LogP contribution is 2.35. The van der Waals surface area contributed by atoms with Crippen LogP contribution in [0.4, 0.5) is 0 Å². The average Bonchev–Trinajstić information content (AvgIpc) is 2.67. The number of thiophene rings is 1. The largest absolute Gasteiger partial charge is 0.310 e. The molecule has 1 nitrogen and oxygen atoms in total. The van der Waals surface area contributed by atoms with Crippen LogP contribution in [0.25, 0.3) is 0 Å². The van der Waals surface area contributed by atoms with Gasteiger partial charge in [-0.3, -0.25) is 0 Å². The first-order chi connectivity index (χ1) is 8.16. The highest BCUT2D eigenvalue weighted by atomic mass is 35.5. The molecule has 1 saturated heterocycles. The zero-order chi connectivity index (χ0) is 12.3. The molecular weight excluding hydrogens is 293 g/mol. The number of hydrogen-bond donors (Lipinski definition) is 1. The normalized spacial score (nSPS) is 19.5. The summed E-state index contributed by atoms with van der Waals surface area (Å²) in [5.74, 6) is 3.45. The van der Waals surface area contributed by atoms with E-state index >= 15 is 0 Å². The van der Waals surface area contributed by atoms with Gasteiger partial charge in [-0.05, 0) is 55.4 Å². The smallest absolute Gasteiger partial charge is 0.0991 e. The van der Waals surface area contributed by atoms with Crippen LogP contribution in [0.3, 0.4) is 0 Å². The van der Waals surface area contributed by atoms with Gasteiger partial charge >= 0.3 is 0 Å². The van der Waals surface area contributed by atoms with Gasteiger partial charge in [0, 0.05) is 6.04 Å². The van der Waals surface area contributed by atoms with Crippen LogP contribution in [0.1, 0.15) is 31.4 Å². The molecule has 2 heterocycles. The molecule has 0 radical (unpaired) electrons. The van der Waals surface area contributed by atoms with Crippen LogP contribution in [0.15, 0.2) is 6.07 Å². The number of halogens is 2. The van der Waals surface area contributed by atoms with Crippen molar-refractivity contribution in [2.75, 3.05) is 18.1 Å². The molecule has 1 unspecified atom stereocenters. The quantitative estimate of drug-likeness (QED) is 0.853. The van der Waals surface area contributed by atoms with Gasteiger partial charge < -0.3 is 5.32 Å². The number of thioether (sulfide) groups is 1. The Kier molecular flexibility index (Phi) is 5.50. The van der Waals surface area contributed by atoms with Gasteiger partial charge in [0.1, 0.15) is 0 Å². The van der Waals surface area contributed by atoms with Crippen LogP contribution in [-0.4, -0.2) is 18.1 Å². The van der Waals surface area contributed by atoms with E-state index in [1.807, 2.05) is 6.07 Å². The molecule has 0 saturated carbocycles. The maximum atomic E-state index is 6.15.